The fourth-order valence-electron chi connectivity index (χ4n) is 3.41. The summed E-state index contributed by atoms with van der Waals surface area (Å²) in [5.41, 5.74) is 4.29. The first-order valence-corrected chi connectivity index (χ1v) is 9.42. The maximum atomic E-state index is 13.9. The van der Waals surface area contributed by atoms with Gasteiger partial charge in [0.1, 0.15) is 11.4 Å². The van der Waals surface area contributed by atoms with Crippen LogP contribution >= 0.6 is 0 Å². The Hall–Kier alpha value is -4.02. The van der Waals surface area contributed by atoms with Gasteiger partial charge in [-0.05, 0) is 18.2 Å². The number of nitrogens with one attached hydrogen (secondary N) is 1. The molecule has 3 N–H and O–H groups in total. The minimum atomic E-state index is -1.12. The van der Waals surface area contributed by atoms with E-state index < -0.39 is 28.0 Å². The van der Waals surface area contributed by atoms with Crippen LogP contribution in [0.25, 0.3) is 0 Å². The Morgan fingerprint density at radius 1 is 1.06 bits per heavy atom. The molecule has 3 rings (SSSR count). The van der Waals surface area contributed by atoms with E-state index in [4.69, 9.17) is 5.73 Å². The molecule has 0 unspecified atom stereocenters. The summed E-state index contributed by atoms with van der Waals surface area (Å²) in [4.78, 5) is 50.2. The van der Waals surface area contributed by atoms with Gasteiger partial charge in [-0.25, -0.2) is 4.39 Å². The number of para-hydroxylation sites is 1. The summed E-state index contributed by atoms with van der Waals surface area (Å²) in [6.45, 7) is 1.17. The summed E-state index contributed by atoms with van der Waals surface area (Å²) < 4.78 is 13.9. The molecule has 0 aromatic heterocycles. The molecule has 2 aromatic carbocycles. The Morgan fingerprint density at radius 3 is 2.35 bits per heavy atom. The zero-order valence-electron chi connectivity index (χ0n) is 16.4. The summed E-state index contributed by atoms with van der Waals surface area (Å²) >= 11 is 0. The number of carbonyl (C=O) groups is 3. The number of benzene rings is 2. The van der Waals surface area contributed by atoms with Crippen molar-refractivity contribution < 1.29 is 23.7 Å². The highest BCUT2D eigenvalue weighted by Crippen LogP contribution is 2.22. The van der Waals surface area contributed by atoms with E-state index in [0.717, 1.165) is 6.07 Å². The number of halogens is 1. The van der Waals surface area contributed by atoms with E-state index in [9.17, 15) is 28.9 Å². The number of amides is 3. The lowest BCUT2D eigenvalue weighted by molar-refractivity contribution is -0.385. The molecule has 1 heterocycles. The third-order valence-electron chi connectivity index (χ3n) is 4.96. The average molecular weight is 429 g/mol. The van der Waals surface area contributed by atoms with Gasteiger partial charge < -0.3 is 20.9 Å². The molecule has 162 valence electrons. The molecule has 10 nitrogen and oxygen atoms in total. The molecule has 0 saturated carbocycles. The predicted molar refractivity (Wildman–Crippen MR) is 109 cm³/mol. The van der Waals surface area contributed by atoms with Crippen molar-refractivity contribution in [1.82, 2.24) is 10.2 Å². The number of anilines is 1. The zero-order valence-corrected chi connectivity index (χ0v) is 16.4. The highest BCUT2D eigenvalue weighted by atomic mass is 19.1. The van der Waals surface area contributed by atoms with Gasteiger partial charge in [-0.3, -0.25) is 24.5 Å². The van der Waals surface area contributed by atoms with Gasteiger partial charge in [0.15, 0.2) is 0 Å². The minimum Gasteiger partial charge on any atom is -0.366 e. The lowest BCUT2D eigenvalue weighted by atomic mass is 10.0. The molecular weight excluding hydrogens is 409 g/mol. The van der Waals surface area contributed by atoms with E-state index in [-0.39, 0.29) is 23.8 Å². The van der Waals surface area contributed by atoms with E-state index in [1.165, 1.54) is 23.1 Å². The van der Waals surface area contributed by atoms with Crippen LogP contribution < -0.4 is 16.0 Å². The first kappa shape index (κ1) is 21.7. The van der Waals surface area contributed by atoms with Crippen molar-refractivity contribution in [3.63, 3.8) is 0 Å². The van der Waals surface area contributed by atoms with E-state index in [2.05, 4.69) is 5.32 Å². The third-order valence-corrected chi connectivity index (χ3v) is 4.96. The molecule has 0 radical (unpaired) electrons. The monoisotopic (exact) mass is 429 g/mol. The number of nitrogens with zero attached hydrogens (tertiary/aromatic N) is 3. The van der Waals surface area contributed by atoms with Gasteiger partial charge in [0, 0.05) is 32.2 Å². The molecule has 1 fully saturated rings. The van der Waals surface area contributed by atoms with E-state index in [0.29, 0.717) is 31.9 Å². The second-order valence-electron chi connectivity index (χ2n) is 6.82. The van der Waals surface area contributed by atoms with Crippen LogP contribution in [-0.4, -0.2) is 60.3 Å². The van der Waals surface area contributed by atoms with Crippen LogP contribution in [0.1, 0.15) is 20.7 Å². The van der Waals surface area contributed by atoms with Gasteiger partial charge >= 0.3 is 0 Å². The van der Waals surface area contributed by atoms with Crippen molar-refractivity contribution >= 4 is 29.1 Å². The van der Waals surface area contributed by atoms with Crippen LogP contribution in [0.4, 0.5) is 15.8 Å². The van der Waals surface area contributed by atoms with Gasteiger partial charge in [-0.1, -0.05) is 18.2 Å². The van der Waals surface area contributed by atoms with Gasteiger partial charge in [0.05, 0.1) is 22.7 Å². The van der Waals surface area contributed by atoms with Crippen LogP contribution in [0.3, 0.4) is 0 Å². The molecule has 0 spiro atoms. The van der Waals surface area contributed by atoms with E-state index in [1.54, 1.807) is 18.2 Å². The fourth-order valence-corrected chi connectivity index (χ4v) is 3.41. The predicted octanol–water partition coefficient (Wildman–Crippen LogP) is 0.911. The number of rotatable bonds is 6. The molecule has 0 bridgehead atoms. The van der Waals surface area contributed by atoms with Crippen LogP contribution in [0.5, 0.6) is 0 Å². The number of hydrogen-bond acceptors (Lipinski definition) is 6. The molecule has 1 aliphatic rings. The van der Waals surface area contributed by atoms with Crippen LogP contribution in [0, 0.1) is 15.9 Å². The Kier molecular flexibility index (Phi) is 6.43. The van der Waals surface area contributed by atoms with Crippen LogP contribution in [-0.2, 0) is 4.79 Å². The fraction of sp³-hybridized carbons (Fsp3) is 0.250. The number of piperazine rings is 1. The normalized spacial score (nSPS) is 13.6. The zero-order chi connectivity index (χ0) is 22.5. The smallest absolute Gasteiger partial charge is 0.282 e. The average Bonchev–Trinajstić information content (AvgIpc) is 2.77. The molecule has 1 saturated heterocycles. The second kappa shape index (κ2) is 9.20. The standard InChI is InChI=1S/C20H20FN5O5/c21-14-5-1-2-6-15(14)24-8-10-25(11-9-24)17(27)12-23-20(29)13-4-3-7-16(26(30)31)18(13)19(22)28/h1-7H,8-12H2,(H2,22,28)(H,23,29). The van der Waals surface area contributed by atoms with Crippen molar-refractivity contribution in [3.8, 4) is 0 Å². The Balaban J connectivity index is 1.60. The first-order chi connectivity index (χ1) is 14.8. The van der Waals surface area contributed by atoms with Crippen molar-refractivity contribution in [2.45, 2.75) is 0 Å². The quantitative estimate of drug-likeness (QED) is 0.517. The lowest BCUT2D eigenvalue weighted by Gasteiger charge is -2.36. The molecule has 2 aromatic rings. The maximum absolute atomic E-state index is 13.9. The summed E-state index contributed by atoms with van der Waals surface area (Å²) in [5, 5.41) is 13.5. The number of nitro groups is 1. The maximum Gasteiger partial charge on any atom is 0.282 e. The van der Waals surface area contributed by atoms with Crippen molar-refractivity contribution in [2.24, 2.45) is 5.73 Å². The molecule has 0 aliphatic carbocycles. The molecule has 1 aliphatic heterocycles. The topological polar surface area (TPSA) is 139 Å². The first-order valence-electron chi connectivity index (χ1n) is 9.42. The Morgan fingerprint density at radius 2 is 1.74 bits per heavy atom. The SMILES string of the molecule is NC(=O)c1c(C(=O)NCC(=O)N2CCN(c3ccccc3F)CC2)cccc1[N+](=O)[O-]. The summed E-state index contributed by atoms with van der Waals surface area (Å²) in [7, 11) is 0. The summed E-state index contributed by atoms with van der Waals surface area (Å²) in [6, 6.07) is 9.92. The second-order valence-corrected chi connectivity index (χ2v) is 6.82. The van der Waals surface area contributed by atoms with Crippen LogP contribution in [0.15, 0.2) is 42.5 Å². The molecule has 3 amide bonds. The Labute approximate surface area is 176 Å². The third kappa shape index (κ3) is 4.77. The largest absolute Gasteiger partial charge is 0.366 e. The minimum absolute atomic E-state index is 0.279. The number of carbonyl (C=O) groups excluding carboxylic acids is 3. The number of nitrogens with two attached hydrogens (primary N) is 1. The summed E-state index contributed by atoms with van der Waals surface area (Å²) in [5.74, 6) is -2.65. The van der Waals surface area contributed by atoms with Gasteiger partial charge in [0.25, 0.3) is 17.5 Å². The highest BCUT2D eigenvalue weighted by Gasteiger charge is 2.27. The van der Waals surface area contributed by atoms with Crippen molar-refractivity contribution in [3.05, 3.63) is 69.5 Å². The molecule has 0 atom stereocenters. The Bertz CT molecular complexity index is 1040. The number of primary amides is 1. The molecule has 11 heteroatoms. The number of nitro benzene ring substituents is 1. The lowest BCUT2D eigenvalue weighted by Crippen LogP contribution is -2.51. The highest BCUT2D eigenvalue weighted by molar-refractivity contribution is 6.09. The van der Waals surface area contributed by atoms with E-state index >= 15 is 0 Å². The van der Waals surface area contributed by atoms with Gasteiger partial charge in [0.2, 0.25) is 5.91 Å². The van der Waals surface area contributed by atoms with Gasteiger partial charge in [-0.2, -0.15) is 0 Å². The van der Waals surface area contributed by atoms with Crippen LogP contribution in [0.2, 0.25) is 0 Å². The van der Waals surface area contributed by atoms with Crippen molar-refractivity contribution in [1.29, 1.82) is 0 Å². The summed E-state index contributed by atoms with van der Waals surface area (Å²) in [6.07, 6.45) is 0. The number of hydrogen-bond donors (Lipinski definition) is 2. The van der Waals surface area contributed by atoms with E-state index in [1.807, 2.05) is 4.90 Å². The molecule has 31 heavy (non-hydrogen) atoms. The van der Waals surface area contributed by atoms with Gasteiger partial charge in [-0.15, -0.1) is 0 Å². The van der Waals surface area contributed by atoms with Crippen molar-refractivity contribution in [2.75, 3.05) is 37.6 Å². The molecular formula is C20H20FN5O5.